The van der Waals surface area contributed by atoms with E-state index in [1.807, 2.05) is 11.3 Å². The third kappa shape index (κ3) is 2.51. The number of rotatable bonds is 2. The smallest absolute Gasteiger partial charge is 0.0346 e. The molecule has 0 bridgehead atoms. The van der Waals surface area contributed by atoms with Crippen molar-refractivity contribution in [3.63, 3.8) is 0 Å². The Kier molecular flexibility index (Phi) is 3.14. The van der Waals surface area contributed by atoms with E-state index >= 15 is 0 Å². The highest BCUT2D eigenvalue weighted by Crippen LogP contribution is 2.26. The summed E-state index contributed by atoms with van der Waals surface area (Å²) in [6.45, 7) is 6.81. The van der Waals surface area contributed by atoms with Crippen molar-refractivity contribution in [2.24, 2.45) is 0 Å². The molecule has 0 saturated carbocycles. The van der Waals surface area contributed by atoms with Gasteiger partial charge in [0.1, 0.15) is 0 Å². The van der Waals surface area contributed by atoms with Crippen molar-refractivity contribution in [1.82, 2.24) is 10.2 Å². The summed E-state index contributed by atoms with van der Waals surface area (Å²) in [5.74, 6) is 0. The molecule has 3 heteroatoms. The minimum Gasteiger partial charge on any atom is -0.312 e. The minimum absolute atomic E-state index is 0.623. The maximum atomic E-state index is 3.49. The van der Waals surface area contributed by atoms with Crippen LogP contribution in [0.15, 0.2) is 30.3 Å². The van der Waals surface area contributed by atoms with Gasteiger partial charge in [-0.2, -0.15) is 0 Å². The molecule has 3 rings (SSSR count). The summed E-state index contributed by atoms with van der Waals surface area (Å²) in [5.41, 5.74) is 0. The number of nitrogens with zero attached hydrogens (tertiary/aromatic N) is 1. The molecule has 1 fully saturated rings. The lowest BCUT2D eigenvalue weighted by Crippen LogP contribution is -2.48. The molecule has 17 heavy (non-hydrogen) atoms. The van der Waals surface area contributed by atoms with Crippen LogP contribution in [0, 0.1) is 0 Å². The topological polar surface area (TPSA) is 15.3 Å². The Morgan fingerprint density at radius 2 is 2.29 bits per heavy atom. The Bertz CT molecular complexity index is 473. The Balaban J connectivity index is 1.75. The zero-order valence-corrected chi connectivity index (χ0v) is 11.0. The molecule has 2 aromatic rings. The number of hydrogen-bond acceptors (Lipinski definition) is 3. The molecule has 0 amide bonds. The van der Waals surface area contributed by atoms with Crippen molar-refractivity contribution in [2.45, 2.75) is 19.5 Å². The molecular weight excluding hydrogens is 228 g/mol. The maximum absolute atomic E-state index is 3.49. The van der Waals surface area contributed by atoms with Gasteiger partial charge in [0.05, 0.1) is 0 Å². The maximum Gasteiger partial charge on any atom is 0.0346 e. The molecule has 0 unspecified atom stereocenters. The van der Waals surface area contributed by atoms with Crippen molar-refractivity contribution in [2.75, 3.05) is 19.6 Å². The van der Waals surface area contributed by atoms with Gasteiger partial charge in [0.2, 0.25) is 0 Å². The molecular formula is C14H18N2S. The van der Waals surface area contributed by atoms with Gasteiger partial charge in [-0.25, -0.2) is 0 Å². The van der Waals surface area contributed by atoms with Crippen LogP contribution in [-0.4, -0.2) is 30.6 Å². The molecule has 1 saturated heterocycles. The summed E-state index contributed by atoms with van der Waals surface area (Å²) in [7, 11) is 0. The van der Waals surface area contributed by atoms with Crippen LogP contribution in [0.4, 0.5) is 0 Å². The second-order valence-electron chi connectivity index (χ2n) is 4.84. The average Bonchev–Trinajstić information content (AvgIpc) is 2.71. The monoisotopic (exact) mass is 246 g/mol. The van der Waals surface area contributed by atoms with E-state index < -0.39 is 0 Å². The van der Waals surface area contributed by atoms with Gasteiger partial charge in [0.15, 0.2) is 0 Å². The van der Waals surface area contributed by atoms with Gasteiger partial charge >= 0.3 is 0 Å². The summed E-state index contributed by atoms with van der Waals surface area (Å²) in [6, 6.07) is 11.6. The highest BCUT2D eigenvalue weighted by atomic mass is 32.1. The predicted molar refractivity (Wildman–Crippen MR) is 74.6 cm³/mol. The molecule has 1 aliphatic heterocycles. The minimum atomic E-state index is 0.623. The van der Waals surface area contributed by atoms with E-state index in [0.29, 0.717) is 6.04 Å². The van der Waals surface area contributed by atoms with Crippen LogP contribution in [0.25, 0.3) is 10.1 Å². The lowest BCUT2D eigenvalue weighted by Gasteiger charge is -2.31. The highest BCUT2D eigenvalue weighted by molar-refractivity contribution is 7.19. The number of benzene rings is 1. The van der Waals surface area contributed by atoms with Gasteiger partial charge in [-0.15, -0.1) is 11.3 Å². The second-order valence-corrected chi connectivity index (χ2v) is 6.01. The molecule has 0 aliphatic carbocycles. The number of fused-ring (bicyclic) bond motifs is 1. The first-order chi connectivity index (χ1) is 8.31. The van der Waals surface area contributed by atoms with Crippen LogP contribution in [0.5, 0.6) is 0 Å². The van der Waals surface area contributed by atoms with Gasteiger partial charge in [-0.1, -0.05) is 18.2 Å². The molecule has 1 aromatic heterocycles. The molecule has 1 atom stereocenters. The first-order valence-electron chi connectivity index (χ1n) is 6.24. The number of hydrogen-bond donors (Lipinski definition) is 1. The van der Waals surface area contributed by atoms with Crippen LogP contribution in [-0.2, 0) is 6.54 Å². The van der Waals surface area contributed by atoms with E-state index in [0.717, 1.165) is 19.6 Å². The van der Waals surface area contributed by atoms with Crippen molar-refractivity contribution in [3.8, 4) is 0 Å². The van der Waals surface area contributed by atoms with Gasteiger partial charge < -0.3 is 5.32 Å². The SMILES string of the molecule is C[C@@H]1CN(Cc2cc3ccccc3s2)CCN1. The van der Waals surface area contributed by atoms with Crippen molar-refractivity contribution < 1.29 is 0 Å². The molecule has 90 valence electrons. The van der Waals surface area contributed by atoms with E-state index in [1.165, 1.54) is 21.5 Å². The van der Waals surface area contributed by atoms with Crippen molar-refractivity contribution in [1.29, 1.82) is 0 Å². The molecule has 0 spiro atoms. The zero-order valence-electron chi connectivity index (χ0n) is 10.1. The first kappa shape index (κ1) is 11.2. The van der Waals surface area contributed by atoms with E-state index in [9.17, 15) is 0 Å². The highest BCUT2D eigenvalue weighted by Gasteiger charge is 2.16. The van der Waals surface area contributed by atoms with E-state index in [2.05, 4.69) is 47.5 Å². The summed E-state index contributed by atoms with van der Waals surface area (Å²) in [5, 5.41) is 4.87. The van der Waals surface area contributed by atoms with Gasteiger partial charge in [0, 0.05) is 41.8 Å². The number of nitrogens with one attached hydrogen (secondary N) is 1. The molecule has 1 aromatic carbocycles. The van der Waals surface area contributed by atoms with Gasteiger partial charge in [-0.05, 0) is 24.4 Å². The predicted octanol–water partition coefficient (Wildman–Crippen LogP) is 2.70. The Morgan fingerprint density at radius 3 is 3.12 bits per heavy atom. The van der Waals surface area contributed by atoms with E-state index in [-0.39, 0.29) is 0 Å². The summed E-state index contributed by atoms with van der Waals surface area (Å²) in [4.78, 5) is 4.03. The molecule has 2 nitrogen and oxygen atoms in total. The van der Waals surface area contributed by atoms with Crippen LogP contribution in [0.1, 0.15) is 11.8 Å². The lowest BCUT2D eigenvalue weighted by atomic mass is 10.2. The first-order valence-corrected chi connectivity index (χ1v) is 7.06. The number of thiophene rings is 1. The van der Waals surface area contributed by atoms with E-state index in [1.54, 1.807) is 0 Å². The third-order valence-electron chi connectivity index (χ3n) is 3.31. The third-order valence-corrected chi connectivity index (χ3v) is 4.41. The largest absolute Gasteiger partial charge is 0.312 e. The van der Waals surface area contributed by atoms with Gasteiger partial charge in [-0.3, -0.25) is 4.90 Å². The van der Waals surface area contributed by atoms with E-state index in [4.69, 9.17) is 0 Å². The molecule has 1 aliphatic rings. The van der Waals surface area contributed by atoms with Crippen LogP contribution in [0.2, 0.25) is 0 Å². The van der Waals surface area contributed by atoms with Crippen LogP contribution in [0.3, 0.4) is 0 Å². The molecule has 1 N–H and O–H groups in total. The van der Waals surface area contributed by atoms with Crippen molar-refractivity contribution >= 4 is 21.4 Å². The second kappa shape index (κ2) is 4.77. The summed E-state index contributed by atoms with van der Waals surface area (Å²) < 4.78 is 1.41. The quantitative estimate of drug-likeness (QED) is 0.876. The fraction of sp³-hybridized carbons (Fsp3) is 0.429. The van der Waals surface area contributed by atoms with Crippen molar-refractivity contribution in [3.05, 3.63) is 35.2 Å². The van der Waals surface area contributed by atoms with Crippen LogP contribution < -0.4 is 5.32 Å². The zero-order chi connectivity index (χ0) is 11.7. The fourth-order valence-corrected chi connectivity index (χ4v) is 3.60. The van der Waals surface area contributed by atoms with Crippen LogP contribution >= 0.6 is 11.3 Å². The Hall–Kier alpha value is -0.900. The Labute approximate surface area is 106 Å². The Morgan fingerprint density at radius 1 is 1.41 bits per heavy atom. The average molecular weight is 246 g/mol. The van der Waals surface area contributed by atoms with Gasteiger partial charge in [0.25, 0.3) is 0 Å². The fourth-order valence-electron chi connectivity index (χ4n) is 2.49. The summed E-state index contributed by atoms with van der Waals surface area (Å²) in [6.07, 6.45) is 0. The molecule has 2 heterocycles. The molecule has 0 radical (unpaired) electrons. The normalized spacial score (nSPS) is 22.1. The summed E-state index contributed by atoms with van der Waals surface area (Å²) >= 11 is 1.93. The number of piperazine rings is 1. The standard InChI is InChI=1S/C14H18N2S/c1-11-9-16(7-6-15-11)10-13-8-12-4-2-3-5-14(12)17-13/h2-5,8,11,15H,6-7,9-10H2,1H3/t11-/m1/s1. The lowest BCUT2D eigenvalue weighted by molar-refractivity contribution is 0.201.